The standard InChI is InChI=1S/C18H30N2/c1-13-7-8-17(20(6)12-16-10-14(16)2)15(9-13)11-19-18(3,4)5/h7-9,14,16,19H,10-12H2,1-6H3. The first kappa shape index (κ1) is 15.4. The number of hydrogen-bond donors (Lipinski definition) is 1. The lowest BCUT2D eigenvalue weighted by Crippen LogP contribution is -2.35. The van der Waals surface area contributed by atoms with E-state index in [0.29, 0.717) is 0 Å². The fourth-order valence-electron chi connectivity index (χ4n) is 2.69. The van der Waals surface area contributed by atoms with Gasteiger partial charge in [-0.25, -0.2) is 0 Å². The Morgan fingerprint density at radius 1 is 1.30 bits per heavy atom. The molecule has 1 aliphatic rings. The zero-order valence-electron chi connectivity index (χ0n) is 14.0. The number of nitrogens with one attached hydrogen (secondary N) is 1. The lowest BCUT2D eigenvalue weighted by molar-refractivity contribution is 0.424. The smallest absolute Gasteiger partial charge is 0.0409 e. The molecule has 20 heavy (non-hydrogen) atoms. The summed E-state index contributed by atoms with van der Waals surface area (Å²) in [5, 5.41) is 3.61. The van der Waals surface area contributed by atoms with Gasteiger partial charge in [0.1, 0.15) is 0 Å². The van der Waals surface area contributed by atoms with E-state index in [9.17, 15) is 0 Å². The number of benzene rings is 1. The minimum atomic E-state index is 0.157. The Bertz CT molecular complexity index is 459. The minimum Gasteiger partial charge on any atom is -0.374 e. The molecule has 0 aliphatic heterocycles. The first-order chi connectivity index (χ1) is 9.26. The second-order valence-corrected chi connectivity index (χ2v) is 7.59. The molecule has 112 valence electrons. The third kappa shape index (κ3) is 4.24. The lowest BCUT2D eigenvalue weighted by Gasteiger charge is -2.26. The average Bonchev–Trinajstić information content (AvgIpc) is 3.01. The van der Waals surface area contributed by atoms with Crippen LogP contribution < -0.4 is 10.2 Å². The summed E-state index contributed by atoms with van der Waals surface area (Å²) in [4.78, 5) is 2.44. The molecule has 0 amide bonds. The Morgan fingerprint density at radius 3 is 2.50 bits per heavy atom. The molecule has 1 aromatic rings. The van der Waals surface area contributed by atoms with E-state index in [1.165, 1.54) is 29.8 Å². The van der Waals surface area contributed by atoms with Crippen molar-refractivity contribution in [3.63, 3.8) is 0 Å². The first-order valence-corrected chi connectivity index (χ1v) is 7.82. The van der Waals surface area contributed by atoms with Crippen LogP contribution in [0.25, 0.3) is 0 Å². The molecule has 1 N–H and O–H groups in total. The Labute approximate surface area is 124 Å². The zero-order chi connectivity index (χ0) is 14.9. The Kier molecular flexibility index (Phi) is 4.43. The van der Waals surface area contributed by atoms with E-state index in [1.807, 2.05) is 0 Å². The zero-order valence-corrected chi connectivity index (χ0v) is 14.0. The third-order valence-corrected chi connectivity index (χ3v) is 4.24. The lowest BCUT2D eigenvalue weighted by atomic mass is 10.0. The van der Waals surface area contributed by atoms with Crippen LogP contribution in [0.4, 0.5) is 5.69 Å². The van der Waals surface area contributed by atoms with Gasteiger partial charge in [0.15, 0.2) is 0 Å². The van der Waals surface area contributed by atoms with Crippen LogP contribution in [0.15, 0.2) is 18.2 Å². The van der Waals surface area contributed by atoms with Crippen molar-refractivity contribution in [2.75, 3.05) is 18.5 Å². The molecule has 0 aromatic heterocycles. The monoisotopic (exact) mass is 274 g/mol. The van der Waals surface area contributed by atoms with Crippen molar-refractivity contribution in [3.05, 3.63) is 29.3 Å². The second-order valence-electron chi connectivity index (χ2n) is 7.59. The third-order valence-electron chi connectivity index (χ3n) is 4.24. The van der Waals surface area contributed by atoms with Crippen LogP contribution >= 0.6 is 0 Å². The summed E-state index contributed by atoms with van der Waals surface area (Å²) in [7, 11) is 2.23. The normalized spacial score (nSPS) is 21.9. The Balaban J connectivity index is 2.10. The van der Waals surface area contributed by atoms with Crippen molar-refractivity contribution >= 4 is 5.69 Å². The topological polar surface area (TPSA) is 15.3 Å². The maximum Gasteiger partial charge on any atom is 0.0409 e. The first-order valence-electron chi connectivity index (χ1n) is 7.82. The van der Waals surface area contributed by atoms with Gasteiger partial charge in [0.05, 0.1) is 0 Å². The molecule has 1 fully saturated rings. The van der Waals surface area contributed by atoms with Crippen molar-refractivity contribution in [3.8, 4) is 0 Å². The second kappa shape index (κ2) is 5.77. The molecule has 1 aromatic carbocycles. The van der Waals surface area contributed by atoms with Gasteiger partial charge in [-0.1, -0.05) is 24.6 Å². The quantitative estimate of drug-likeness (QED) is 0.874. The molecule has 0 bridgehead atoms. The molecule has 2 rings (SSSR count). The van der Waals surface area contributed by atoms with E-state index < -0.39 is 0 Å². The maximum absolute atomic E-state index is 3.61. The summed E-state index contributed by atoms with van der Waals surface area (Å²) in [6.45, 7) is 13.3. The highest BCUT2D eigenvalue weighted by molar-refractivity contribution is 5.54. The predicted octanol–water partition coefficient (Wildman–Crippen LogP) is 3.98. The van der Waals surface area contributed by atoms with E-state index in [1.54, 1.807) is 0 Å². The van der Waals surface area contributed by atoms with Gasteiger partial charge < -0.3 is 10.2 Å². The molecular weight excluding hydrogens is 244 g/mol. The van der Waals surface area contributed by atoms with E-state index in [2.05, 4.69) is 70.1 Å². The molecule has 0 spiro atoms. The van der Waals surface area contributed by atoms with E-state index in [-0.39, 0.29) is 5.54 Å². The van der Waals surface area contributed by atoms with Gasteiger partial charge in [0, 0.05) is 31.4 Å². The van der Waals surface area contributed by atoms with Crippen molar-refractivity contribution < 1.29 is 0 Å². The van der Waals surface area contributed by atoms with Crippen molar-refractivity contribution in [1.82, 2.24) is 5.32 Å². The summed E-state index contributed by atoms with van der Waals surface area (Å²) in [5.41, 5.74) is 4.29. The molecule has 1 aliphatic carbocycles. The van der Waals surface area contributed by atoms with E-state index in [0.717, 1.165) is 18.4 Å². The highest BCUT2D eigenvalue weighted by Crippen LogP contribution is 2.39. The number of rotatable bonds is 5. The van der Waals surface area contributed by atoms with Crippen LogP contribution in [0.1, 0.15) is 45.2 Å². The highest BCUT2D eigenvalue weighted by atomic mass is 15.1. The van der Waals surface area contributed by atoms with Gasteiger partial charge >= 0.3 is 0 Å². The summed E-state index contributed by atoms with van der Waals surface area (Å²) in [6.07, 6.45) is 1.39. The fourth-order valence-corrected chi connectivity index (χ4v) is 2.69. The maximum atomic E-state index is 3.61. The summed E-state index contributed by atoms with van der Waals surface area (Å²) in [6, 6.07) is 6.83. The molecule has 2 atom stereocenters. The van der Waals surface area contributed by atoms with Crippen molar-refractivity contribution in [2.24, 2.45) is 11.8 Å². The molecule has 2 heteroatoms. The molecule has 0 heterocycles. The molecule has 0 saturated heterocycles. The number of nitrogens with zero attached hydrogens (tertiary/aromatic N) is 1. The van der Waals surface area contributed by atoms with Crippen LogP contribution in [0.2, 0.25) is 0 Å². The van der Waals surface area contributed by atoms with E-state index in [4.69, 9.17) is 0 Å². The number of anilines is 1. The number of aryl methyl sites for hydroxylation is 1. The van der Waals surface area contributed by atoms with Crippen molar-refractivity contribution in [2.45, 2.75) is 53.1 Å². The van der Waals surface area contributed by atoms with Crippen molar-refractivity contribution in [1.29, 1.82) is 0 Å². The van der Waals surface area contributed by atoms with Crippen LogP contribution in [0.3, 0.4) is 0 Å². The largest absolute Gasteiger partial charge is 0.374 e. The molecule has 2 nitrogen and oxygen atoms in total. The van der Waals surface area contributed by atoms with E-state index >= 15 is 0 Å². The Morgan fingerprint density at radius 2 is 1.95 bits per heavy atom. The fraction of sp³-hybridized carbons (Fsp3) is 0.667. The average molecular weight is 274 g/mol. The summed E-state index contributed by atoms with van der Waals surface area (Å²) in [5.74, 6) is 1.81. The summed E-state index contributed by atoms with van der Waals surface area (Å²) >= 11 is 0. The molecule has 2 unspecified atom stereocenters. The van der Waals surface area contributed by atoms with Gasteiger partial charge in [0.2, 0.25) is 0 Å². The molecule has 1 saturated carbocycles. The number of hydrogen-bond acceptors (Lipinski definition) is 2. The van der Waals surface area contributed by atoms with Crippen LogP contribution in [0, 0.1) is 18.8 Å². The van der Waals surface area contributed by atoms with Crippen LogP contribution in [-0.2, 0) is 6.54 Å². The minimum absolute atomic E-state index is 0.157. The van der Waals surface area contributed by atoms with Gasteiger partial charge in [-0.3, -0.25) is 0 Å². The molecular formula is C18H30N2. The highest BCUT2D eigenvalue weighted by Gasteiger charge is 2.33. The van der Waals surface area contributed by atoms with Gasteiger partial charge in [0.25, 0.3) is 0 Å². The predicted molar refractivity (Wildman–Crippen MR) is 88.3 cm³/mol. The van der Waals surface area contributed by atoms with Gasteiger partial charge in [-0.15, -0.1) is 0 Å². The van der Waals surface area contributed by atoms with Gasteiger partial charge in [-0.2, -0.15) is 0 Å². The summed E-state index contributed by atoms with van der Waals surface area (Å²) < 4.78 is 0. The van der Waals surface area contributed by atoms with Crippen LogP contribution in [-0.4, -0.2) is 19.1 Å². The SMILES string of the molecule is Cc1ccc(N(C)CC2CC2C)c(CNC(C)(C)C)c1. The van der Waals surface area contributed by atoms with Crippen LogP contribution in [0.5, 0.6) is 0 Å². The molecule has 0 radical (unpaired) electrons. The van der Waals surface area contributed by atoms with Gasteiger partial charge in [-0.05, 0) is 57.6 Å². The Hall–Kier alpha value is -1.02.